The minimum Gasteiger partial charge on any atom is -0.350 e. The van der Waals surface area contributed by atoms with Crippen LogP contribution >= 0.6 is 11.3 Å². The average Bonchev–Trinajstić information content (AvgIpc) is 3.67. The number of anilines is 1. The van der Waals surface area contributed by atoms with Gasteiger partial charge in [0.05, 0.1) is 40.3 Å². The van der Waals surface area contributed by atoms with Crippen LogP contribution in [0.1, 0.15) is 37.6 Å². The third-order valence-corrected chi connectivity index (χ3v) is 10.3. The van der Waals surface area contributed by atoms with Gasteiger partial charge in [0.1, 0.15) is 11.9 Å². The highest BCUT2D eigenvalue weighted by molar-refractivity contribution is 7.88. The molecular weight excluding hydrogens is 627 g/mol. The monoisotopic (exact) mass is 665 g/mol. The fourth-order valence-electron chi connectivity index (χ4n) is 6.03. The number of nitrogens with zero attached hydrogens (tertiary/aromatic N) is 7. The summed E-state index contributed by atoms with van der Waals surface area (Å²) in [5.41, 5.74) is 3.06. The molecule has 2 aliphatic rings. The fourth-order valence-corrected chi connectivity index (χ4v) is 7.48. The number of pyridine rings is 1. The lowest BCUT2D eigenvalue weighted by Crippen LogP contribution is -2.66. The third-order valence-electron chi connectivity index (χ3n) is 8.66. The first kappa shape index (κ1) is 32.0. The van der Waals surface area contributed by atoms with Crippen molar-refractivity contribution in [3.05, 3.63) is 53.7 Å². The van der Waals surface area contributed by atoms with Crippen molar-refractivity contribution in [3.8, 4) is 21.8 Å². The number of carbonyl (C=O) groups excluding carboxylic acids is 2. The van der Waals surface area contributed by atoms with E-state index in [2.05, 4.69) is 40.8 Å². The molecule has 0 spiro atoms. The summed E-state index contributed by atoms with van der Waals surface area (Å²) < 4.78 is 27.4. The Balaban J connectivity index is 1.30. The van der Waals surface area contributed by atoms with Crippen molar-refractivity contribution < 1.29 is 18.0 Å². The van der Waals surface area contributed by atoms with E-state index < -0.39 is 16.1 Å². The highest BCUT2D eigenvalue weighted by Gasteiger charge is 2.42. The molecule has 0 aromatic carbocycles. The summed E-state index contributed by atoms with van der Waals surface area (Å²) in [6, 6.07) is 8.82. The van der Waals surface area contributed by atoms with Gasteiger partial charge in [-0.3, -0.25) is 14.5 Å². The van der Waals surface area contributed by atoms with E-state index in [1.54, 1.807) is 39.1 Å². The Labute approximate surface area is 272 Å². The number of nitrogens with one attached hydrogen (secondary N) is 2. The van der Waals surface area contributed by atoms with E-state index in [1.807, 2.05) is 34.7 Å². The third kappa shape index (κ3) is 6.63. The van der Waals surface area contributed by atoms with Gasteiger partial charge in [0, 0.05) is 44.0 Å². The van der Waals surface area contributed by atoms with Crippen molar-refractivity contribution in [2.75, 3.05) is 50.4 Å². The summed E-state index contributed by atoms with van der Waals surface area (Å²) in [5, 5.41) is 9.60. The van der Waals surface area contributed by atoms with Gasteiger partial charge in [-0.1, -0.05) is 19.9 Å². The Morgan fingerprint density at radius 3 is 2.57 bits per heavy atom. The first-order valence-corrected chi connectivity index (χ1v) is 18.3. The van der Waals surface area contributed by atoms with E-state index in [-0.39, 0.29) is 23.9 Å². The molecule has 13 nitrogen and oxygen atoms in total. The van der Waals surface area contributed by atoms with E-state index in [0.717, 1.165) is 29.9 Å². The minimum atomic E-state index is -3.35. The molecule has 1 unspecified atom stereocenters. The Hall–Kier alpha value is -3.92. The van der Waals surface area contributed by atoms with Crippen LogP contribution in [0.2, 0.25) is 0 Å². The number of sulfonamides is 1. The Bertz CT molecular complexity index is 1830. The SMILES string of the molecule is CCN(CC)C(C)CNC(=O)c1cc(-c2cnn3ccc(-c4cccs4)nc23)nc(N2CC[C@H]2C(=O)N2CC(NS(C)(=O)=O)C2)c1. The Kier molecular flexibility index (Phi) is 9.10. The van der Waals surface area contributed by atoms with Crippen molar-refractivity contribution in [2.24, 2.45) is 0 Å². The molecule has 2 fully saturated rings. The predicted molar refractivity (Wildman–Crippen MR) is 178 cm³/mol. The van der Waals surface area contributed by atoms with Crippen LogP contribution in [-0.2, 0) is 14.8 Å². The normalized spacial score (nSPS) is 17.6. The number of likely N-dealkylation sites (tertiary alicyclic amines) is 1. The number of amides is 2. The van der Waals surface area contributed by atoms with Gasteiger partial charge in [0.25, 0.3) is 5.91 Å². The van der Waals surface area contributed by atoms with Crippen molar-refractivity contribution in [1.82, 2.24) is 39.4 Å². The van der Waals surface area contributed by atoms with E-state index >= 15 is 0 Å². The molecule has 0 bridgehead atoms. The van der Waals surface area contributed by atoms with Crippen molar-refractivity contribution >= 4 is 44.6 Å². The summed E-state index contributed by atoms with van der Waals surface area (Å²) in [6.45, 7) is 9.80. The number of hydrogen-bond donors (Lipinski definition) is 2. The van der Waals surface area contributed by atoms with Gasteiger partial charge in [0.2, 0.25) is 15.9 Å². The van der Waals surface area contributed by atoms with Crippen LogP contribution < -0.4 is 14.9 Å². The summed E-state index contributed by atoms with van der Waals surface area (Å²) in [4.78, 5) is 43.8. The van der Waals surface area contributed by atoms with Crippen LogP contribution in [0.5, 0.6) is 0 Å². The highest BCUT2D eigenvalue weighted by atomic mass is 32.2. The molecule has 4 aromatic heterocycles. The molecule has 6 heterocycles. The molecule has 2 aliphatic heterocycles. The molecule has 2 saturated heterocycles. The zero-order valence-corrected chi connectivity index (χ0v) is 28.0. The standard InChI is InChI=1S/C31H39N9O4S2/c1-5-37(6-2)20(3)16-32-30(41)21-14-25(23-17-33-40-12-9-24(35-29(23)40)27-8-7-13-45-27)34-28(15-21)39-11-10-26(39)31(42)38-18-22(19-38)36-46(4,43)44/h7-9,12-15,17,20,22,26,36H,5-6,10-11,16,18-19H2,1-4H3,(H,32,41)/t20?,26-/m0/s1. The van der Waals surface area contributed by atoms with E-state index in [1.165, 1.54) is 0 Å². The molecule has 46 heavy (non-hydrogen) atoms. The summed E-state index contributed by atoms with van der Waals surface area (Å²) >= 11 is 1.60. The van der Waals surface area contributed by atoms with Crippen LogP contribution in [0.25, 0.3) is 27.5 Å². The van der Waals surface area contributed by atoms with Gasteiger partial charge >= 0.3 is 0 Å². The van der Waals surface area contributed by atoms with Gasteiger partial charge in [-0.15, -0.1) is 11.3 Å². The molecule has 0 saturated carbocycles. The van der Waals surface area contributed by atoms with E-state index in [9.17, 15) is 18.0 Å². The largest absolute Gasteiger partial charge is 0.350 e. The number of aromatic nitrogens is 4. The number of carbonyl (C=O) groups is 2. The van der Waals surface area contributed by atoms with Crippen LogP contribution in [0, 0.1) is 0 Å². The van der Waals surface area contributed by atoms with E-state index in [4.69, 9.17) is 9.97 Å². The first-order valence-electron chi connectivity index (χ1n) is 15.5. The van der Waals surface area contributed by atoms with Crippen LogP contribution in [-0.4, -0.2) is 113 Å². The molecular formula is C31H39N9O4S2. The maximum Gasteiger partial charge on any atom is 0.251 e. The van der Waals surface area contributed by atoms with Gasteiger partial charge in [-0.05, 0) is 56.1 Å². The van der Waals surface area contributed by atoms with Crippen molar-refractivity contribution in [2.45, 2.75) is 45.3 Å². The number of fused-ring (bicyclic) bond motifs is 1. The predicted octanol–water partition coefficient (Wildman–Crippen LogP) is 2.32. The zero-order chi connectivity index (χ0) is 32.6. The topological polar surface area (TPSA) is 145 Å². The van der Waals surface area contributed by atoms with E-state index in [0.29, 0.717) is 60.9 Å². The lowest BCUT2D eigenvalue weighted by Gasteiger charge is -2.47. The number of rotatable bonds is 12. The second-order valence-electron chi connectivity index (χ2n) is 11.8. The smallest absolute Gasteiger partial charge is 0.251 e. The van der Waals surface area contributed by atoms with Gasteiger partial charge in [-0.2, -0.15) is 5.10 Å². The van der Waals surface area contributed by atoms with Crippen LogP contribution in [0.4, 0.5) is 5.82 Å². The van der Waals surface area contributed by atoms with Crippen LogP contribution in [0.3, 0.4) is 0 Å². The number of hydrogen-bond acceptors (Lipinski definition) is 10. The molecule has 6 rings (SSSR count). The summed E-state index contributed by atoms with van der Waals surface area (Å²) in [5.74, 6) is 0.208. The lowest BCUT2D eigenvalue weighted by molar-refractivity contribution is -0.138. The second-order valence-corrected chi connectivity index (χ2v) is 14.6. The Morgan fingerprint density at radius 2 is 1.91 bits per heavy atom. The first-order chi connectivity index (χ1) is 22.0. The number of thiophene rings is 1. The maximum absolute atomic E-state index is 13.6. The molecule has 15 heteroatoms. The zero-order valence-electron chi connectivity index (χ0n) is 26.4. The van der Waals surface area contributed by atoms with Crippen LogP contribution in [0.15, 0.2) is 48.1 Å². The summed E-state index contributed by atoms with van der Waals surface area (Å²) in [6.07, 6.45) is 5.31. The molecule has 2 N–H and O–H groups in total. The van der Waals surface area contributed by atoms with Crippen molar-refractivity contribution in [1.29, 1.82) is 0 Å². The molecule has 2 amide bonds. The quantitative estimate of drug-likeness (QED) is 0.233. The van der Waals surface area contributed by atoms with Gasteiger partial charge < -0.3 is 15.1 Å². The second kappa shape index (κ2) is 13.1. The maximum atomic E-state index is 13.6. The molecule has 0 aliphatic carbocycles. The Morgan fingerprint density at radius 1 is 1.13 bits per heavy atom. The lowest BCUT2D eigenvalue weighted by atomic mass is 9.98. The molecule has 244 valence electrons. The van der Waals surface area contributed by atoms with Gasteiger partial charge in [-0.25, -0.2) is 27.6 Å². The molecule has 4 aromatic rings. The molecule has 0 radical (unpaired) electrons. The molecule has 2 atom stereocenters. The minimum absolute atomic E-state index is 0.0812. The van der Waals surface area contributed by atoms with Gasteiger partial charge in [0.15, 0.2) is 5.65 Å². The average molecular weight is 666 g/mol. The number of likely N-dealkylation sites (N-methyl/N-ethyl adjacent to an activating group) is 1. The fraction of sp³-hybridized carbons (Fsp3) is 0.452. The summed E-state index contributed by atoms with van der Waals surface area (Å²) in [7, 11) is -3.35. The van der Waals surface area contributed by atoms with Crippen molar-refractivity contribution in [3.63, 3.8) is 0 Å². The highest BCUT2D eigenvalue weighted by Crippen LogP contribution is 2.33.